The summed E-state index contributed by atoms with van der Waals surface area (Å²) in [5.74, 6) is -2.40. The molecule has 0 radical (unpaired) electrons. The van der Waals surface area contributed by atoms with E-state index < -0.39 is 23.6 Å². The summed E-state index contributed by atoms with van der Waals surface area (Å²) in [6.07, 6.45) is 0.767. The van der Waals surface area contributed by atoms with Crippen LogP contribution in [0.4, 0.5) is 4.39 Å². The molecule has 0 atom stereocenters. The van der Waals surface area contributed by atoms with Crippen molar-refractivity contribution in [2.75, 3.05) is 13.1 Å². The molecule has 0 bridgehead atoms. The third kappa shape index (κ3) is 3.04. The van der Waals surface area contributed by atoms with E-state index in [0.29, 0.717) is 25.9 Å². The molecule has 0 spiro atoms. The number of nitrogens with zero attached hydrogens (tertiary/aromatic N) is 1. The molecule has 108 valence electrons. The number of rotatable bonds is 2. The highest BCUT2D eigenvalue weighted by Gasteiger charge is 2.28. The van der Waals surface area contributed by atoms with Gasteiger partial charge < -0.3 is 10.0 Å². The first-order valence-electron chi connectivity index (χ1n) is 6.06. The SMILES string of the molecule is O=C(O)C1CCN(C(=O)c2cc(F)c(Cl)cc2Cl)CC1. The third-order valence-corrected chi connectivity index (χ3v) is 3.97. The van der Waals surface area contributed by atoms with Crippen LogP contribution in [-0.2, 0) is 4.79 Å². The summed E-state index contributed by atoms with van der Waals surface area (Å²) in [6, 6.07) is 2.20. The molecule has 1 aromatic carbocycles. The minimum atomic E-state index is -0.854. The van der Waals surface area contributed by atoms with E-state index in [-0.39, 0.29) is 15.6 Å². The molecule has 1 saturated heterocycles. The summed E-state index contributed by atoms with van der Waals surface area (Å²) >= 11 is 11.5. The van der Waals surface area contributed by atoms with Gasteiger partial charge >= 0.3 is 5.97 Å². The van der Waals surface area contributed by atoms with Crippen LogP contribution < -0.4 is 0 Å². The summed E-state index contributed by atoms with van der Waals surface area (Å²) < 4.78 is 13.4. The second-order valence-electron chi connectivity index (χ2n) is 4.65. The molecular formula is C13H12Cl2FNO3. The Morgan fingerprint density at radius 1 is 1.20 bits per heavy atom. The van der Waals surface area contributed by atoms with Gasteiger partial charge in [-0.2, -0.15) is 0 Å². The normalized spacial score (nSPS) is 16.2. The van der Waals surface area contributed by atoms with Gasteiger partial charge in [-0.3, -0.25) is 9.59 Å². The molecule has 1 amide bonds. The van der Waals surface area contributed by atoms with Crippen molar-refractivity contribution in [1.29, 1.82) is 0 Å². The Morgan fingerprint density at radius 3 is 2.35 bits per heavy atom. The molecule has 0 aliphatic carbocycles. The van der Waals surface area contributed by atoms with E-state index in [1.165, 1.54) is 11.0 Å². The van der Waals surface area contributed by atoms with E-state index in [9.17, 15) is 14.0 Å². The van der Waals surface area contributed by atoms with Crippen LogP contribution in [-0.4, -0.2) is 35.0 Å². The lowest BCUT2D eigenvalue weighted by atomic mass is 9.96. The third-order valence-electron chi connectivity index (χ3n) is 3.37. The van der Waals surface area contributed by atoms with Crippen LogP contribution in [0.25, 0.3) is 0 Å². The highest BCUT2D eigenvalue weighted by atomic mass is 35.5. The quantitative estimate of drug-likeness (QED) is 0.852. The van der Waals surface area contributed by atoms with E-state index in [2.05, 4.69) is 0 Å². The summed E-state index contributed by atoms with van der Waals surface area (Å²) in [5.41, 5.74) is 0.0438. The number of carbonyl (C=O) groups excluding carboxylic acids is 1. The first-order chi connectivity index (χ1) is 9.40. The smallest absolute Gasteiger partial charge is 0.306 e. The van der Waals surface area contributed by atoms with Crippen LogP contribution in [0.5, 0.6) is 0 Å². The van der Waals surface area contributed by atoms with Gasteiger partial charge in [0.1, 0.15) is 5.82 Å². The predicted molar refractivity (Wildman–Crippen MR) is 72.7 cm³/mol. The minimum Gasteiger partial charge on any atom is -0.481 e. The van der Waals surface area contributed by atoms with Gasteiger partial charge in [0.2, 0.25) is 0 Å². The first-order valence-corrected chi connectivity index (χ1v) is 6.82. The average Bonchev–Trinajstić information content (AvgIpc) is 2.42. The van der Waals surface area contributed by atoms with Crippen LogP contribution in [0.3, 0.4) is 0 Å². The van der Waals surface area contributed by atoms with Crippen molar-refractivity contribution >= 4 is 35.1 Å². The van der Waals surface area contributed by atoms with E-state index in [1.807, 2.05) is 0 Å². The van der Waals surface area contributed by atoms with Gasteiger partial charge in [0.05, 0.1) is 21.5 Å². The van der Waals surface area contributed by atoms with Gasteiger partial charge in [0.15, 0.2) is 0 Å². The first kappa shape index (κ1) is 15.1. The summed E-state index contributed by atoms with van der Waals surface area (Å²) in [5, 5.41) is 8.84. The fourth-order valence-electron chi connectivity index (χ4n) is 2.19. The fraction of sp³-hybridized carbons (Fsp3) is 0.385. The summed E-state index contributed by atoms with van der Waals surface area (Å²) in [7, 11) is 0. The van der Waals surface area contributed by atoms with Crippen molar-refractivity contribution in [2.45, 2.75) is 12.8 Å². The van der Waals surface area contributed by atoms with Gasteiger partial charge in [-0.25, -0.2) is 4.39 Å². The van der Waals surface area contributed by atoms with E-state index in [0.717, 1.165) is 6.07 Å². The number of benzene rings is 1. The van der Waals surface area contributed by atoms with Gasteiger partial charge in [-0.05, 0) is 25.0 Å². The molecule has 1 aromatic rings. The van der Waals surface area contributed by atoms with Crippen LogP contribution in [0.15, 0.2) is 12.1 Å². The Bertz CT molecular complexity index is 557. The lowest BCUT2D eigenvalue weighted by Gasteiger charge is -2.30. The number of carboxylic acid groups (broad SMARTS) is 1. The average molecular weight is 320 g/mol. The predicted octanol–water partition coefficient (Wildman–Crippen LogP) is 3.07. The van der Waals surface area contributed by atoms with Crippen molar-refractivity contribution in [3.05, 3.63) is 33.6 Å². The highest BCUT2D eigenvalue weighted by Crippen LogP contribution is 2.27. The maximum Gasteiger partial charge on any atom is 0.306 e. The number of hydrogen-bond donors (Lipinski definition) is 1. The molecule has 0 unspecified atom stereocenters. The topological polar surface area (TPSA) is 57.6 Å². The summed E-state index contributed by atoms with van der Waals surface area (Å²) in [6.45, 7) is 0.632. The summed E-state index contributed by atoms with van der Waals surface area (Å²) in [4.78, 5) is 24.6. The number of carboxylic acids is 1. The van der Waals surface area contributed by atoms with Crippen molar-refractivity contribution < 1.29 is 19.1 Å². The monoisotopic (exact) mass is 319 g/mol. The Kier molecular flexibility index (Phi) is 4.50. The zero-order chi connectivity index (χ0) is 14.9. The van der Waals surface area contributed by atoms with Crippen molar-refractivity contribution in [3.63, 3.8) is 0 Å². The van der Waals surface area contributed by atoms with E-state index in [1.54, 1.807) is 0 Å². The van der Waals surface area contributed by atoms with Crippen molar-refractivity contribution in [1.82, 2.24) is 4.90 Å². The number of aliphatic carboxylic acids is 1. The zero-order valence-electron chi connectivity index (χ0n) is 10.4. The Balaban J connectivity index is 2.13. The lowest BCUT2D eigenvalue weighted by molar-refractivity contribution is -0.143. The molecule has 0 aromatic heterocycles. The number of hydrogen-bond acceptors (Lipinski definition) is 2. The molecule has 4 nitrogen and oxygen atoms in total. The lowest BCUT2D eigenvalue weighted by Crippen LogP contribution is -2.40. The molecule has 1 heterocycles. The number of likely N-dealkylation sites (tertiary alicyclic amines) is 1. The number of amides is 1. The second-order valence-corrected chi connectivity index (χ2v) is 5.47. The van der Waals surface area contributed by atoms with Gasteiger partial charge in [0.25, 0.3) is 5.91 Å². The molecule has 7 heteroatoms. The van der Waals surface area contributed by atoms with Crippen molar-refractivity contribution in [3.8, 4) is 0 Å². The standard InChI is InChI=1S/C13H12Cl2FNO3/c14-9-6-10(15)11(16)5-8(9)12(18)17-3-1-7(2-4-17)13(19)20/h5-7H,1-4H2,(H,19,20). The number of halogens is 3. The molecule has 2 rings (SSSR count). The minimum absolute atomic E-state index is 0.0438. The molecule has 1 aliphatic rings. The maximum absolute atomic E-state index is 13.4. The molecule has 1 N–H and O–H groups in total. The van der Waals surface area contributed by atoms with Gasteiger partial charge in [-0.15, -0.1) is 0 Å². The molecule has 0 saturated carbocycles. The van der Waals surface area contributed by atoms with Crippen molar-refractivity contribution in [2.24, 2.45) is 5.92 Å². The largest absolute Gasteiger partial charge is 0.481 e. The van der Waals surface area contributed by atoms with Crippen LogP contribution in [0, 0.1) is 11.7 Å². The maximum atomic E-state index is 13.4. The van der Waals surface area contributed by atoms with E-state index >= 15 is 0 Å². The fourth-order valence-corrected chi connectivity index (χ4v) is 2.65. The number of carbonyl (C=O) groups is 2. The second kappa shape index (κ2) is 5.97. The zero-order valence-corrected chi connectivity index (χ0v) is 11.9. The van der Waals surface area contributed by atoms with Gasteiger partial charge in [-0.1, -0.05) is 23.2 Å². The molecule has 1 fully saturated rings. The van der Waals surface area contributed by atoms with Crippen LogP contribution in [0.1, 0.15) is 23.2 Å². The number of piperidine rings is 1. The molecule has 1 aliphatic heterocycles. The highest BCUT2D eigenvalue weighted by molar-refractivity contribution is 6.36. The Labute approximate surface area is 125 Å². The molecule has 20 heavy (non-hydrogen) atoms. The molecular weight excluding hydrogens is 308 g/mol. The van der Waals surface area contributed by atoms with E-state index in [4.69, 9.17) is 28.3 Å². The van der Waals surface area contributed by atoms with Crippen LogP contribution in [0.2, 0.25) is 10.0 Å². The van der Waals surface area contributed by atoms with Gasteiger partial charge in [0, 0.05) is 13.1 Å². The van der Waals surface area contributed by atoms with Crippen LogP contribution >= 0.6 is 23.2 Å². The Hall–Kier alpha value is -1.33. The Morgan fingerprint density at radius 2 is 1.80 bits per heavy atom.